The Labute approximate surface area is 99.5 Å². The first-order chi connectivity index (χ1) is 7.47. The molecule has 0 amide bonds. The molecular formula is C8H13ClN4O2S. The second-order valence-electron chi connectivity index (χ2n) is 3.19. The SMILES string of the molecule is CS(=O)(=O)NCCCNc1ccc(Cl)nn1. The number of hydrogen-bond donors (Lipinski definition) is 2. The fourth-order valence-electron chi connectivity index (χ4n) is 0.973. The second kappa shape index (κ2) is 5.97. The van der Waals surface area contributed by atoms with Crippen LogP contribution in [0.5, 0.6) is 0 Å². The largest absolute Gasteiger partial charge is 0.369 e. The fraction of sp³-hybridized carbons (Fsp3) is 0.500. The van der Waals surface area contributed by atoms with Crippen molar-refractivity contribution in [1.29, 1.82) is 0 Å². The lowest BCUT2D eigenvalue weighted by Crippen LogP contribution is -2.24. The summed E-state index contributed by atoms with van der Waals surface area (Å²) in [5, 5.41) is 10.8. The maximum atomic E-state index is 10.7. The topological polar surface area (TPSA) is 84.0 Å². The molecule has 0 unspecified atom stereocenters. The lowest BCUT2D eigenvalue weighted by molar-refractivity contribution is 0.586. The first kappa shape index (κ1) is 13.1. The number of nitrogens with zero attached hydrogens (tertiary/aromatic N) is 2. The quantitative estimate of drug-likeness (QED) is 0.730. The van der Waals surface area contributed by atoms with Crippen LogP contribution in [0.15, 0.2) is 12.1 Å². The van der Waals surface area contributed by atoms with Gasteiger partial charge in [0.2, 0.25) is 10.0 Å². The van der Waals surface area contributed by atoms with Crippen LogP contribution in [0.2, 0.25) is 5.15 Å². The highest BCUT2D eigenvalue weighted by Gasteiger charge is 1.99. The highest BCUT2D eigenvalue weighted by Crippen LogP contribution is 2.05. The van der Waals surface area contributed by atoms with Gasteiger partial charge in [-0.2, -0.15) is 0 Å². The average Bonchev–Trinajstić information content (AvgIpc) is 2.19. The van der Waals surface area contributed by atoms with Gasteiger partial charge in [-0.15, -0.1) is 10.2 Å². The summed E-state index contributed by atoms with van der Waals surface area (Å²) >= 11 is 5.57. The van der Waals surface area contributed by atoms with Crippen molar-refractivity contribution in [2.45, 2.75) is 6.42 Å². The van der Waals surface area contributed by atoms with Crippen molar-refractivity contribution in [1.82, 2.24) is 14.9 Å². The summed E-state index contributed by atoms with van der Waals surface area (Å²) in [7, 11) is -3.10. The van der Waals surface area contributed by atoms with E-state index in [1.54, 1.807) is 12.1 Å². The number of sulfonamides is 1. The van der Waals surface area contributed by atoms with E-state index in [2.05, 4.69) is 20.2 Å². The third kappa shape index (κ3) is 5.84. The Morgan fingerprint density at radius 1 is 1.31 bits per heavy atom. The molecule has 0 aliphatic rings. The van der Waals surface area contributed by atoms with Crippen LogP contribution in [-0.2, 0) is 10.0 Å². The van der Waals surface area contributed by atoms with Crippen molar-refractivity contribution >= 4 is 27.4 Å². The minimum absolute atomic E-state index is 0.337. The molecular weight excluding hydrogens is 252 g/mol. The molecule has 0 aromatic carbocycles. The lowest BCUT2D eigenvalue weighted by Gasteiger charge is -2.04. The van der Waals surface area contributed by atoms with Crippen molar-refractivity contribution in [2.24, 2.45) is 0 Å². The first-order valence-electron chi connectivity index (χ1n) is 4.65. The summed E-state index contributed by atoms with van der Waals surface area (Å²) < 4.78 is 23.9. The van der Waals surface area contributed by atoms with Gasteiger partial charge in [-0.1, -0.05) is 11.6 Å². The Hall–Kier alpha value is -0.920. The molecule has 1 aromatic rings. The molecule has 1 rings (SSSR count). The summed E-state index contributed by atoms with van der Waals surface area (Å²) in [5.41, 5.74) is 0. The minimum Gasteiger partial charge on any atom is -0.369 e. The summed E-state index contributed by atoms with van der Waals surface area (Å²) in [5.74, 6) is 0.615. The third-order valence-electron chi connectivity index (χ3n) is 1.66. The summed E-state index contributed by atoms with van der Waals surface area (Å²) in [6, 6.07) is 3.34. The van der Waals surface area contributed by atoms with Gasteiger partial charge in [0.15, 0.2) is 5.15 Å². The standard InChI is InChI=1S/C8H13ClN4O2S/c1-16(14,15)11-6-2-5-10-8-4-3-7(9)12-13-8/h3-4,11H,2,5-6H2,1H3,(H,10,13). The minimum atomic E-state index is -3.10. The van der Waals surface area contributed by atoms with Crippen LogP contribution in [0, 0.1) is 0 Å². The highest BCUT2D eigenvalue weighted by molar-refractivity contribution is 7.88. The molecule has 1 heterocycles. The Kier molecular flexibility index (Phi) is 4.91. The lowest BCUT2D eigenvalue weighted by atomic mass is 10.4. The van der Waals surface area contributed by atoms with Gasteiger partial charge in [-0.05, 0) is 18.6 Å². The zero-order chi connectivity index (χ0) is 12.0. The first-order valence-corrected chi connectivity index (χ1v) is 6.92. The Bertz CT molecular complexity index is 420. The molecule has 0 saturated carbocycles. The van der Waals surface area contributed by atoms with Gasteiger partial charge in [0, 0.05) is 13.1 Å². The monoisotopic (exact) mass is 264 g/mol. The molecule has 0 radical (unpaired) electrons. The average molecular weight is 265 g/mol. The number of hydrogen-bond acceptors (Lipinski definition) is 5. The Morgan fingerprint density at radius 2 is 2.06 bits per heavy atom. The molecule has 0 spiro atoms. The van der Waals surface area contributed by atoms with Crippen LogP contribution in [-0.4, -0.2) is 38.0 Å². The third-order valence-corrected chi connectivity index (χ3v) is 2.59. The predicted octanol–water partition coefficient (Wildman–Crippen LogP) is 0.481. The van der Waals surface area contributed by atoms with Crippen molar-refractivity contribution in [2.75, 3.05) is 24.7 Å². The van der Waals surface area contributed by atoms with Crippen LogP contribution in [0.1, 0.15) is 6.42 Å². The molecule has 2 N–H and O–H groups in total. The molecule has 8 heteroatoms. The fourth-order valence-corrected chi connectivity index (χ4v) is 1.59. The van der Waals surface area contributed by atoms with Gasteiger partial charge >= 0.3 is 0 Å². The molecule has 0 aliphatic carbocycles. The molecule has 1 aromatic heterocycles. The summed E-state index contributed by atoms with van der Waals surface area (Å²) in [4.78, 5) is 0. The van der Waals surface area contributed by atoms with E-state index in [1.807, 2.05) is 0 Å². The second-order valence-corrected chi connectivity index (χ2v) is 5.41. The van der Waals surface area contributed by atoms with E-state index in [1.165, 1.54) is 0 Å². The van der Waals surface area contributed by atoms with Crippen molar-refractivity contribution in [3.63, 3.8) is 0 Å². The highest BCUT2D eigenvalue weighted by atomic mass is 35.5. The zero-order valence-electron chi connectivity index (χ0n) is 8.77. The van der Waals surface area contributed by atoms with Crippen LogP contribution in [0.3, 0.4) is 0 Å². The van der Waals surface area contributed by atoms with E-state index in [-0.39, 0.29) is 0 Å². The normalized spacial score (nSPS) is 11.4. The van der Waals surface area contributed by atoms with Gasteiger partial charge in [0.25, 0.3) is 0 Å². The molecule has 0 fully saturated rings. The smallest absolute Gasteiger partial charge is 0.208 e. The van der Waals surface area contributed by atoms with E-state index in [4.69, 9.17) is 11.6 Å². The zero-order valence-corrected chi connectivity index (χ0v) is 10.3. The van der Waals surface area contributed by atoms with Crippen LogP contribution in [0.25, 0.3) is 0 Å². The number of anilines is 1. The molecule has 6 nitrogen and oxygen atoms in total. The van der Waals surface area contributed by atoms with Crippen molar-refractivity contribution < 1.29 is 8.42 Å². The van der Waals surface area contributed by atoms with Gasteiger partial charge in [0.1, 0.15) is 5.82 Å². The summed E-state index contributed by atoms with van der Waals surface area (Å²) in [6.07, 6.45) is 1.79. The molecule has 90 valence electrons. The van der Waals surface area contributed by atoms with E-state index in [0.717, 1.165) is 6.26 Å². The number of aromatic nitrogens is 2. The molecule has 0 aliphatic heterocycles. The Morgan fingerprint density at radius 3 is 2.62 bits per heavy atom. The van der Waals surface area contributed by atoms with E-state index in [9.17, 15) is 8.42 Å². The predicted molar refractivity (Wildman–Crippen MR) is 63.0 cm³/mol. The van der Waals surface area contributed by atoms with E-state index < -0.39 is 10.0 Å². The van der Waals surface area contributed by atoms with Crippen LogP contribution in [0.4, 0.5) is 5.82 Å². The number of halogens is 1. The Balaban J connectivity index is 2.19. The summed E-state index contributed by atoms with van der Waals surface area (Å²) in [6.45, 7) is 1.01. The van der Waals surface area contributed by atoms with Crippen LogP contribution < -0.4 is 10.0 Å². The number of nitrogens with one attached hydrogen (secondary N) is 2. The van der Waals surface area contributed by atoms with Crippen molar-refractivity contribution in [3.05, 3.63) is 17.3 Å². The molecule has 0 saturated heterocycles. The molecule has 16 heavy (non-hydrogen) atoms. The van der Waals surface area contributed by atoms with Gasteiger partial charge < -0.3 is 5.32 Å². The molecule has 0 bridgehead atoms. The maximum absolute atomic E-state index is 10.7. The van der Waals surface area contributed by atoms with E-state index in [0.29, 0.717) is 30.5 Å². The molecule has 0 atom stereocenters. The van der Waals surface area contributed by atoms with Gasteiger partial charge in [-0.3, -0.25) is 0 Å². The maximum Gasteiger partial charge on any atom is 0.208 e. The van der Waals surface area contributed by atoms with Gasteiger partial charge in [0.05, 0.1) is 6.26 Å². The van der Waals surface area contributed by atoms with Gasteiger partial charge in [-0.25, -0.2) is 13.1 Å². The number of rotatable bonds is 6. The van der Waals surface area contributed by atoms with Crippen LogP contribution >= 0.6 is 11.6 Å². The van der Waals surface area contributed by atoms with E-state index >= 15 is 0 Å². The van der Waals surface area contributed by atoms with Crippen molar-refractivity contribution in [3.8, 4) is 0 Å².